The SMILES string of the molecule is CC(=O)N1CCN(c2ccc(OCc3nn(C)c4c3-c3cccc5c(CCCOc6cccc7ccccc67)c(CO)n(c35)CCCCOC4)cc2)CC1. The minimum Gasteiger partial charge on any atom is -0.493 e. The molecule has 1 amide bonds. The van der Waals surface area contributed by atoms with Gasteiger partial charge in [-0.15, -0.1) is 0 Å². The average Bonchev–Trinajstić information content (AvgIpc) is 3.68. The Morgan fingerprint density at radius 3 is 2.46 bits per heavy atom. The number of para-hydroxylation sites is 1. The van der Waals surface area contributed by atoms with Crippen LogP contribution in [0.4, 0.5) is 5.69 Å². The number of hydrogen-bond acceptors (Lipinski definition) is 7. The number of aromatic nitrogens is 3. The summed E-state index contributed by atoms with van der Waals surface area (Å²) in [6.45, 7) is 7.46. The topological polar surface area (TPSA) is 94.2 Å². The summed E-state index contributed by atoms with van der Waals surface area (Å²) in [4.78, 5) is 16.0. The van der Waals surface area contributed by atoms with Crippen molar-refractivity contribution in [2.45, 2.75) is 59.0 Å². The van der Waals surface area contributed by atoms with E-state index in [9.17, 15) is 9.90 Å². The van der Waals surface area contributed by atoms with Crippen molar-refractivity contribution in [1.82, 2.24) is 19.2 Å². The Morgan fingerprint density at radius 2 is 1.65 bits per heavy atom. The molecule has 0 bridgehead atoms. The first-order chi connectivity index (χ1) is 26.5. The van der Waals surface area contributed by atoms with E-state index in [1.165, 1.54) is 10.9 Å². The third-order valence-electron chi connectivity index (χ3n) is 11.0. The molecule has 2 aliphatic rings. The number of aliphatic hydroxyl groups is 1. The van der Waals surface area contributed by atoms with E-state index in [1.54, 1.807) is 6.92 Å². The molecule has 2 aromatic heterocycles. The van der Waals surface area contributed by atoms with Gasteiger partial charge in [0.1, 0.15) is 23.8 Å². The molecular formula is C44H49N5O5. The number of hydrogen-bond donors (Lipinski definition) is 1. The minimum absolute atomic E-state index is 0.0393. The summed E-state index contributed by atoms with van der Waals surface area (Å²) in [5, 5.41) is 19.4. The lowest BCUT2D eigenvalue weighted by Gasteiger charge is -2.35. The molecule has 4 heterocycles. The van der Waals surface area contributed by atoms with Crippen LogP contribution in [-0.4, -0.2) is 69.7 Å². The quantitative estimate of drug-likeness (QED) is 0.149. The summed E-state index contributed by atoms with van der Waals surface area (Å²) in [5.41, 5.74) is 8.34. The number of aliphatic hydroxyl groups excluding tert-OH is 1. The first-order valence-electron chi connectivity index (χ1n) is 19.2. The maximum atomic E-state index is 11.8. The molecule has 1 fully saturated rings. The third kappa shape index (κ3) is 7.15. The van der Waals surface area contributed by atoms with Gasteiger partial charge in [0, 0.05) is 86.6 Å². The van der Waals surface area contributed by atoms with Crippen LogP contribution in [0.25, 0.3) is 32.8 Å². The standard InChI is InChI=1S/C44H49N5O5/c1-31(51)47-22-24-48(25-23-47)33-17-19-34(20-18-33)54-29-39-43-38-14-8-13-37-36(15-9-27-53-42-16-7-11-32-10-3-4-12-35(32)42)40(28-50)49(44(37)38)21-5-6-26-52-30-41(43)46(2)45-39/h3-4,7-8,10-14,16-20,50H,5-6,9,15,21-30H2,1-2H3. The molecule has 0 spiro atoms. The fourth-order valence-electron chi connectivity index (χ4n) is 8.22. The highest BCUT2D eigenvalue weighted by Crippen LogP contribution is 2.39. The van der Waals surface area contributed by atoms with Crippen LogP contribution in [0.5, 0.6) is 11.5 Å². The van der Waals surface area contributed by atoms with Gasteiger partial charge in [0.25, 0.3) is 0 Å². The molecule has 6 aromatic rings. The number of benzene rings is 4. The van der Waals surface area contributed by atoms with E-state index in [-0.39, 0.29) is 12.5 Å². The van der Waals surface area contributed by atoms with Gasteiger partial charge in [-0.1, -0.05) is 54.6 Å². The lowest BCUT2D eigenvalue weighted by Crippen LogP contribution is -2.48. The van der Waals surface area contributed by atoms with Crippen LogP contribution in [0.2, 0.25) is 0 Å². The largest absolute Gasteiger partial charge is 0.493 e. The first-order valence-corrected chi connectivity index (χ1v) is 19.2. The predicted molar refractivity (Wildman–Crippen MR) is 212 cm³/mol. The summed E-state index contributed by atoms with van der Waals surface area (Å²) in [7, 11) is 1.98. The van der Waals surface area contributed by atoms with Gasteiger partial charge in [-0.05, 0) is 67.0 Å². The number of anilines is 1. The van der Waals surface area contributed by atoms with Crippen molar-refractivity contribution >= 4 is 33.3 Å². The van der Waals surface area contributed by atoms with Crippen molar-refractivity contribution < 1.29 is 24.1 Å². The third-order valence-corrected chi connectivity index (χ3v) is 11.0. The summed E-state index contributed by atoms with van der Waals surface area (Å²) in [6, 6.07) is 29.2. The fraction of sp³-hybridized carbons (Fsp3) is 0.364. The van der Waals surface area contributed by atoms with Crippen LogP contribution in [0.3, 0.4) is 0 Å². The number of nitrogens with zero attached hydrogens (tertiary/aromatic N) is 5. The number of carbonyl (C=O) groups excluding carboxylic acids is 1. The Hall–Kier alpha value is -5.32. The van der Waals surface area contributed by atoms with Gasteiger partial charge in [0.15, 0.2) is 0 Å². The Morgan fingerprint density at radius 1 is 0.870 bits per heavy atom. The van der Waals surface area contributed by atoms with Crippen molar-refractivity contribution in [3.63, 3.8) is 0 Å². The zero-order chi connectivity index (χ0) is 37.0. The first kappa shape index (κ1) is 35.7. The van der Waals surface area contributed by atoms with E-state index in [0.717, 1.165) is 120 Å². The highest BCUT2D eigenvalue weighted by atomic mass is 16.5. The summed E-state index contributed by atoms with van der Waals surface area (Å²) < 4.78 is 23.3. The molecule has 0 unspecified atom stereocenters. The van der Waals surface area contributed by atoms with Gasteiger partial charge in [-0.3, -0.25) is 9.48 Å². The van der Waals surface area contributed by atoms with Crippen LogP contribution in [0.15, 0.2) is 84.9 Å². The Kier molecular flexibility index (Phi) is 10.6. The molecule has 0 radical (unpaired) electrons. The van der Waals surface area contributed by atoms with Gasteiger partial charge in [0.05, 0.1) is 31.0 Å². The number of piperazine rings is 1. The van der Waals surface area contributed by atoms with Crippen LogP contribution in [-0.2, 0) is 49.4 Å². The fourth-order valence-corrected chi connectivity index (χ4v) is 8.22. The molecule has 0 saturated carbocycles. The molecule has 280 valence electrons. The molecule has 1 saturated heterocycles. The molecule has 54 heavy (non-hydrogen) atoms. The second kappa shape index (κ2) is 16.0. The van der Waals surface area contributed by atoms with Crippen LogP contribution in [0, 0.1) is 0 Å². The molecule has 1 N–H and O–H groups in total. The molecule has 0 aliphatic carbocycles. The van der Waals surface area contributed by atoms with Crippen molar-refractivity contribution in [1.29, 1.82) is 0 Å². The van der Waals surface area contributed by atoms with Crippen molar-refractivity contribution in [3.8, 4) is 22.6 Å². The van der Waals surface area contributed by atoms with Crippen LogP contribution >= 0.6 is 0 Å². The second-order valence-corrected chi connectivity index (χ2v) is 14.3. The van der Waals surface area contributed by atoms with Crippen molar-refractivity contribution in [2.75, 3.05) is 44.3 Å². The van der Waals surface area contributed by atoms with Gasteiger partial charge in [-0.25, -0.2) is 0 Å². The summed E-state index contributed by atoms with van der Waals surface area (Å²) in [5.74, 6) is 1.80. The average molecular weight is 728 g/mol. The van der Waals surface area contributed by atoms with Crippen molar-refractivity contribution in [3.05, 3.63) is 108 Å². The lowest BCUT2D eigenvalue weighted by molar-refractivity contribution is -0.129. The number of rotatable bonds is 10. The number of aryl methyl sites for hydroxylation is 3. The lowest BCUT2D eigenvalue weighted by atomic mass is 9.98. The number of carbonyl (C=O) groups is 1. The number of fused-ring (bicyclic) bond motifs is 3. The van der Waals surface area contributed by atoms with Gasteiger partial charge in [0.2, 0.25) is 5.91 Å². The molecule has 4 aromatic carbocycles. The Bertz CT molecular complexity index is 2240. The van der Waals surface area contributed by atoms with Gasteiger partial charge >= 0.3 is 0 Å². The van der Waals surface area contributed by atoms with Gasteiger partial charge in [-0.2, -0.15) is 5.10 Å². The predicted octanol–water partition coefficient (Wildman–Crippen LogP) is 7.26. The second-order valence-electron chi connectivity index (χ2n) is 14.3. The highest BCUT2D eigenvalue weighted by molar-refractivity contribution is 5.99. The molecule has 8 rings (SSSR count). The smallest absolute Gasteiger partial charge is 0.219 e. The molecule has 0 atom stereocenters. The normalized spacial score (nSPS) is 14.9. The number of ether oxygens (including phenoxy) is 3. The molecule has 10 heteroatoms. The maximum absolute atomic E-state index is 11.8. The Labute approximate surface area is 316 Å². The number of amides is 1. The van der Waals surface area contributed by atoms with Crippen molar-refractivity contribution in [2.24, 2.45) is 7.05 Å². The van der Waals surface area contributed by atoms with Gasteiger partial charge < -0.3 is 33.7 Å². The van der Waals surface area contributed by atoms with Crippen LogP contribution < -0.4 is 14.4 Å². The zero-order valence-electron chi connectivity index (χ0n) is 31.3. The van der Waals surface area contributed by atoms with E-state index in [4.69, 9.17) is 19.3 Å². The molecule has 10 nitrogen and oxygen atoms in total. The maximum Gasteiger partial charge on any atom is 0.219 e. The molecule has 2 aliphatic heterocycles. The van der Waals surface area contributed by atoms with E-state index < -0.39 is 0 Å². The van der Waals surface area contributed by atoms with Crippen LogP contribution in [0.1, 0.15) is 48.8 Å². The zero-order valence-corrected chi connectivity index (χ0v) is 31.3. The Balaban J connectivity index is 1.07. The van der Waals surface area contributed by atoms with E-state index in [1.807, 2.05) is 53.0 Å². The minimum atomic E-state index is -0.0393. The van der Waals surface area contributed by atoms with E-state index in [2.05, 4.69) is 58.0 Å². The highest BCUT2D eigenvalue weighted by Gasteiger charge is 2.26. The summed E-state index contributed by atoms with van der Waals surface area (Å²) in [6.07, 6.45) is 3.47. The van der Waals surface area contributed by atoms with E-state index in [0.29, 0.717) is 26.4 Å². The molecular weight excluding hydrogens is 679 g/mol. The monoisotopic (exact) mass is 727 g/mol. The summed E-state index contributed by atoms with van der Waals surface area (Å²) >= 11 is 0. The van der Waals surface area contributed by atoms with E-state index >= 15 is 0 Å².